The van der Waals surface area contributed by atoms with Crippen LogP contribution >= 0.6 is 0 Å². The molecule has 0 radical (unpaired) electrons. The van der Waals surface area contributed by atoms with Crippen molar-refractivity contribution in [1.29, 1.82) is 0 Å². The third-order valence-corrected chi connectivity index (χ3v) is 2.97. The second-order valence-electron chi connectivity index (χ2n) is 4.35. The Morgan fingerprint density at radius 1 is 1.47 bits per heavy atom. The summed E-state index contributed by atoms with van der Waals surface area (Å²) < 4.78 is 18.6. The molecule has 1 saturated carbocycles. The van der Waals surface area contributed by atoms with Crippen LogP contribution in [0.3, 0.4) is 0 Å². The van der Waals surface area contributed by atoms with E-state index in [0.717, 1.165) is 0 Å². The molecule has 0 saturated heterocycles. The number of nitrogens with one attached hydrogen (secondary N) is 1. The first kappa shape index (κ1) is 10.4. The van der Waals surface area contributed by atoms with Crippen molar-refractivity contribution >= 4 is 0 Å². The maximum absolute atomic E-state index is 13.7. The lowest BCUT2D eigenvalue weighted by molar-refractivity contribution is 0.382. The molecule has 1 aromatic rings. The third kappa shape index (κ3) is 2.29. The molecule has 1 N–H and O–H groups in total. The standard InChI is InChI=1S/C12H16FNO/c1-12(6-7-12)14-8-9-4-3-5-10(15-2)11(9)13/h3-5,14H,6-8H2,1-2H3. The van der Waals surface area contributed by atoms with Gasteiger partial charge in [0.2, 0.25) is 0 Å². The van der Waals surface area contributed by atoms with Crippen LogP contribution in [-0.2, 0) is 6.54 Å². The molecule has 1 aliphatic rings. The quantitative estimate of drug-likeness (QED) is 0.822. The zero-order valence-electron chi connectivity index (χ0n) is 9.14. The van der Waals surface area contributed by atoms with Gasteiger partial charge in [0.05, 0.1) is 7.11 Å². The lowest BCUT2D eigenvalue weighted by Crippen LogP contribution is -2.27. The number of hydrogen-bond acceptors (Lipinski definition) is 2. The molecule has 0 amide bonds. The van der Waals surface area contributed by atoms with Gasteiger partial charge in [0, 0.05) is 17.6 Å². The van der Waals surface area contributed by atoms with Crippen LogP contribution in [0, 0.1) is 5.82 Å². The van der Waals surface area contributed by atoms with Crippen molar-refractivity contribution in [3.63, 3.8) is 0 Å². The molecule has 0 aliphatic heterocycles. The van der Waals surface area contributed by atoms with E-state index in [2.05, 4.69) is 12.2 Å². The molecule has 1 fully saturated rings. The highest BCUT2D eigenvalue weighted by Gasteiger charge is 2.36. The summed E-state index contributed by atoms with van der Waals surface area (Å²) >= 11 is 0. The third-order valence-electron chi connectivity index (χ3n) is 2.97. The Balaban J connectivity index is 2.07. The molecule has 0 atom stereocenters. The van der Waals surface area contributed by atoms with Crippen molar-refractivity contribution in [2.45, 2.75) is 31.8 Å². The SMILES string of the molecule is COc1cccc(CNC2(C)CC2)c1F. The molecule has 1 aromatic carbocycles. The van der Waals surface area contributed by atoms with E-state index in [4.69, 9.17) is 4.74 Å². The molecule has 0 heterocycles. The molecule has 82 valence electrons. The summed E-state index contributed by atoms with van der Waals surface area (Å²) in [4.78, 5) is 0. The van der Waals surface area contributed by atoms with Crippen molar-refractivity contribution in [2.24, 2.45) is 0 Å². The van der Waals surface area contributed by atoms with Crippen LogP contribution in [0.2, 0.25) is 0 Å². The van der Waals surface area contributed by atoms with Crippen LogP contribution < -0.4 is 10.1 Å². The zero-order chi connectivity index (χ0) is 10.9. The number of ether oxygens (including phenoxy) is 1. The van der Waals surface area contributed by atoms with Crippen molar-refractivity contribution < 1.29 is 9.13 Å². The largest absolute Gasteiger partial charge is 0.494 e. The van der Waals surface area contributed by atoms with E-state index in [1.807, 2.05) is 6.07 Å². The highest BCUT2D eigenvalue weighted by molar-refractivity contribution is 5.31. The average molecular weight is 209 g/mol. The highest BCUT2D eigenvalue weighted by Crippen LogP contribution is 2.34. The van der Waals surface area contributed by atoms with E-state index in [-0.39, 0.29) is 11.4 Å². The lowest BCUT2D eigenvalue weighted by Gasteiger charge is -2.12. The van der Waals surface area contributed by atoms with E-state index in [0.29, 0.717) is 17.9 Å². The molecule has 0 bridgehead atoms. The molecule has 15 heavy (non-hydrogen) atoms. The molecule has 0 spiro atoms. The Morgan fingerprint density at radius 3 is 2.80 bits per heavy atom. The van der Waals surface area contributed by atoms with E-state index >= 15 is 0 Å². The van der Waals surface area contributed by atoms with E-state index in [1.54, 1.807) is 12.1 Å². The second-order valence-corrected chi connectivity index (χ2v) is 4.35. The Kier molecular flexibility index (Phi) is 2.65. The highest BCUT2D eigenvalue weighted by atomic mass is 19.1. The lowest BCUT2D eigenvalue weighted by atomic mass is 10.2. The van der Waals surface area contributed by atoms with Crippen molar-refractivity contribution in [3.05, 3.63) is 29.6 Å². The first-order chi connectivity index (χ1) is 7.14. The normalized spacial score (nSPS) is 17.5. The van der Waals surface area contributed by atoms with Gasteiger partial charge in [-0.2, -0.15) is 0 Å². The van der Waals surface area contributed by atoms with Crippen molar-refractivity contribution in [3.8, 4) is 5.75 Å². The predicted octanol–water partition coefficient (Wildman–Crippen LogP) is 2.48. The van der Waals surface area contributed by atoms with Gasteiger partial charge < -0.3 is 10.1 Å². The topological polar surface area (TPSA) is 21.3 Å². The van der Waals surface area contributed by atoms with E-state index in [1.165, 1.54) is 20.0 Å². The van der Waals surface area contributed by atoms with Gasteiger partial charge >= 0.3 is 0 Å². The average Bonchev–Trinajstić information content (AvgIpc) is 2.96. The van der Waals surface area contributed by atoms with Crippen molar-refractivity contribution in [1.82, 2.24) is 5.32 Å². The number of halogens is 1. The Hall–Kier alpha value is -1.09. The van der Waals surface area contributed by atoms with Crippen LogP contribution in [0.4, 0.5) is 4.39 Å². The molecular formula is C12H16FNO. The number of methoxy groups -OCH3 is 1. The number of rotatable bonds is 4. The number of benzene rings is 1. The van der Waals surface area contributed by atoms with Gasteiger partial charge in [-0.05, 0) is 25.8 Å². The van der Waals surface area contributed by atoms with E-state index in [9.17, 15) is 4.39 Å². The van der Waals surface area contributed by atoms with Crippen LogP contribution in [0.5, 0.6) is 5.75 Å². The van der Waals surface area contributed by atoms with Gasteiger partial charge in [-0.25, -0.2) is 4.39 Å². The Morgan fingerprint density at radius 2 is 2.20 bits per heavy atom. The first-order valence-corrected chi connectivity index (χ1v) is 5.21. The van der Waals surface area contributed by atoms with Crippen LogP contribution in [0.25, 0.3) is 0 Å². The van der Waals surface area contributed by atoms with Crippen molar-refractivity contribution in [2.75, 3.05) is 7.11 Å². The molecule has 2 rings (SSSR count). The minimum absolute atomic E-state index is 0.232. The fourth-order valence-corrected chi connectivity index (χ4v) is 1.52. The number of hydrogen-bond donors (Lipinski definition) is 1. The van der Waals surface area contributed by atoms with Gasteiger partial charge in [-0.1, -0.05) is 12.1 Å². The minimum Gasteiger partial charge on any atom is -0.494 e. The molecule has 3 heteroatoms. The molecule has 0 aromatic heterocycles. The fourth-order valence-electron chi connectivity index (χ4n) is 1.52. The van der Waals surface area contributed by atoms with Gasteiger partial charge in [0.1, 0.15) is 0 Å². The monoisotopic (exact) mass is 209 g/mol. The second kappa shape index (κ2) is 3.81. The molecule has 0 unspecified atom stereocenters. The van der Waals surface area contributed by atoms with Gasteiger partial charge in [-0.15, -0.1) is 0 Å². The summed E-state index contributed by atoms with van der Waals surface area (Å²) in [5, 5.41) is 3.35. The van der Waals surface area contributed by atoms with Crippen LogP contribution in [-0.4, -0.2) is 12.6 Å². The summed E-state index contributed by atoms with van der Waals surface area (Å²) in [6, 6.07) is 5.24. The van der Waals surface area contributed by atoms with Crippen LogP contribution in [0.15, 0.2) is 18.2 Å². The van der Waals surface area contributed by atoms with Gasteiger partial charge in [0.15, 0.2) is 11.6 Å². The Labute approximate surface area is 89.4 Å². The van der Waals surface area contributed by atoms with Crippen LogP contribution in [0.1, 0.15) is 25.3 Å². The fraction of sp³-hybridized carbons (Fsp3) is 0.500. The Bertz CT molecular complexity index is 361. The van der Waals surface area contributed by atoms with Gasteiger partial charge in [-0.3, -0.25) is 0 Å². The molecule has 1 aliphatic carbocycles. The van der Waals surface area contributed by atoms with Gasteiger partial charge in [0.25, 0.3) is 0 Å². The molecular weight excluding hydrogens is 193 g/mol. The predicted molar refractivity (Wildman–Crippen MR) is 57.4 cm³/mol. The first-order valence-electron chi connectivity index (χ1n) is 5.21. The minimum atomic E-state index is -0.253. The zero-order valence-corrected chi connectivity index (χ0v) is 9.14. The maximum atomic E-state index is 13.7. The smallest absolute Gasteiger partial charge is 0.169 e. The molecule has 2 nitrogen and oxygen atoms in total. The summed E-state index contributed by atoms with van der Waals surface area (Å²) in [6.07, 6.45) is 2.36. The summed E-state index contributed by atoms with van der Waals surface area (Å²) in [5.41, 5.74) is 0.901. The maximum Gasteiger partial charge on any atom is 0.169 e. The summed E-state index contributed by atoms with van der Waals surface area (Å²) in [7, 11) is 1.48. The summed E-state index contributed by atoms with van der Waals surface area (Å²) in [5.74, 6) is 0.0620. The summed E-state index contributed by atoms with van der Waals surface area (Å²) in [6.45, 7) is 2.73. The van der Waals surface area contributed by atoms with E-state index < -0.39 is 0 Å².